The highest BCUT2D eigenvalue weighted by molar-refractivity contribution is 7.00. The van der Waals surface area contributed by atoms with Crippen molar-refractivity contribution >= 4 is 40.0 Å². The van der Waals surface area contributed by atoms with Gasteiger partial charge in [0.05, 0.1) is 34.4 Å². The summed E-state index contributed by atoms with van der Waals surface area (Å²) in [6, 6.07) is 15.6. The van der Waals surface area contributed by atoms with Gasteiger partial charge in [-0.2, -0.15) is 14.0 Å². The maximum absolute atomic E-state index is 9.35. The molecule has 0 radical (unpaired) electrons. The van der Waals surface area contributed by atoms with E-state index in [0.717, 1.165) is 34.0 Å². The van der Waals surface area contributed by atoms with Crippen molar-refractivity contribution in [3.8, 4) is 6.07 Å². The van der Waals surface area contributed by atoms with E-state index in [-0.39, 0.29) is 5.92 Å². The molecule has 3 rings (SSSR count). The number of hydrogen-bond acceptors (Lipinski definition) is 5. The minimum Gasteiger partial charge on any atom is -0.380 e. The first-order valence-electron chi connectivity index (χ1n) is 6.39. The molecular formula is C15H11ClN4S. The Kier molecular flexibility index (Phi) is 4.00. The highest BCUT2D eigenvalue weighted by Gasteiger charge is 2.14. The van der Waals surface area contributed by atoms with E-state index < -0.39 is 0 Å². The molecule has 0 amide bonds. The van der Waals surface area contributed by atoms with E-state index in [9.17, 15) is 5.26 Å². The number of aromatic nitrogens is 2. The first-order valence-corrected chi connectivity index (χ1v) is 7.49. The van der Waals surface area contributed by atoms with Crippen LogP contribution in [0.1, 0.15) is 11.5 Å². The molecule has 0 saturated heterocycles. The van der Waals surface area contributed by atoms with Crippen LogP contribution in [0.4, 0.5) is 5.69 Å². The summed E-state index contributed by atoms with van der Waals surface area (Å²) in [7, 11) is 0. The zero-order valence-electron chi connectivity index (χ0n) is 11.0. The maximum Gasteiger partial charge on any atom is 0.129 e. The van der Waals surface area contributed by atoms with Gasteiger partial charge in [0.1, 0.15) is 11.0 Å². The number of halogens is 1. The maximum atomic E-state index is 9.35. The van der Waals surface area contributed by atoms with Crippen LogP contribution in [0.2, 0.25) is 5.02 Å². The van der Waals surface area contributed by atoms with Gasteiger partial charge in [0, 0.05) is 6.54 Å². The van der Waals surface area contributed by atoms with Gasteiger partial charge in [0.2, 0.25) is 0 Å². The van der Waals surface area contributed by atoms with E-state index in [4.69, 9.17) is 11.6 Å². The van der Waals surface area contributed by atoms with E-state index in [1.165, 1.54) is 0 Å². The molecule has 1 unspecified atom stereocenters. The molecule has 4 nitrogen and oxygen atoms in total. The average Bonchev–Trinajstić information content (AvgIpc) is 2.99. The zero-order valence-corrected chi connectivity index (χ0v) is 12.5. The topological polar surface area (TPSA) is 61.6 Å². The van der Waals surface area contributed by atoms with E-state index in [1.807, 2.05) is 36.4 Å². The standard InChI is InChI=1S/C15H11ClN4S/c16-12-6-7-13-15(20-21-19-13)14(12)18-9-11(8-17)10-4-2-1-3-5-10/h1-7,11,18H,9H2. The van der Waals surface area contributed by atoms with Crippen LogP contribution in [-0.4, -0.2) is 15.3 Å². The lowest BCUT2D eigenvalue weighted by molar-refractivity contribution is 0.901. The van der Waals surface area contributed by atoms with Crippen molar-refractivity contribution in [3.05, 3.63) is 53.1 Å². The summed E-state index contributed by atoms with van der Waals surface area (Å²) in [5, 5.41) is 13.2. The van der Waals surface area contributed by atoms with Crippen LogP contribution in [0.15, 0.2) is 42.5 Å². The number of rotatable bonds is 4. The van der Waals surface area contributed by atoms with Crippen LogP contribution in [0.3, 0.4) is 0 Å². The van der Waals surface area contributed by atoms with Crippen LogP contribution in [0.5, 0.6) is 0 Å². The molecule has 21 heavy (non-hydrogen) atoms. The molecule has 0 bridgehead atoms. The van der Waals surface area contributed by atoms with Crippen LogP contribution >= 0.6 is 23.3 Å². The molecule has 2 aromatic carbocycles. The third-order valence-electron chi connectivity index (χ3n) is 3.22. The molecule has 1 aromatic heterocycles. The van der Waals surface area contributed by atoms with Crippen molar-refractivity contribution < 1.29 is 0 Å². The number of nitrogens with zero attached hydrogens (tertiary/aromatic N) is 3. The Morgan fingerprint density at radius 2 is 2.00 bits per heavy atom. The van der Waals surface area contributed by atoms with Crippen molar-refractivity contribution in [1.82, 2.24) is 8.75 Å². The number of anilines is 1. The summed E-state index contributed by atoms with van der Waals surface area (Å²) in [6.07, 6.45) is 0. The molecule has 0 saturated carbocycles. The summed E-state index contributed by atoms with van der Waals surface area (Å²) in [6.45, 7) is 0.469. The number of nitriles is 1. The molecular weight excluding hydrogens is 304 g/mol. The first kappa shape index (κ1) is 13.8. The Morgan fingerprint density at radius 1 is 1.19 bits per heavy atom. The molecule has 1 atom stereocenters. The Labute approximate surface area is 131 Å². The number of fused-ring (bicyclic) bond motifs is 1. The van der Waals surface area contributed by atoms with Crippen molar-refractivity contribution in [2.24, 2.45) is 0 Å². The smallest absolute Gasteiger partial charge is 0.129 e. The summed E-state index contributed by atoms with van der Waals surface area (Å²) in [4.78, 5) is 0. The molecule has 104 valence electrons. The van der Waals surface area contributed by atoms with Gasteiger partial charge in [-0.25, -0.2) is 0 Å². The molecule has 0 fully saturated rings. The third kappa shape index (κ3) is 2.82. The quantitative estimate of drug-likeness (QED) is 0.788. The fourth-order valence-corrected chi connectivity index (χ4v) is 2.88. The fraction of sp³-hybridized carbons (Fsp3) is 0.133. The Balaban J connectivity index is 1.84. The molecule has 1 N–H and O–H groups in total. The Bertz CT molecular complexity index is 794. The molecule has 0 aliphatic heterocycles. The fourth-order valence-electron chi connectivity index (χ4n) is 2.12. The van der Waals surface area contributed by atoms with Crippen molar-refractivity contribution in [2.75, 3.05) is 11.9 Å². The Hall–Kier alpha value is -2.16. The van der Waals surface area contributed by atoms with Crippen LogP contribution in [-0.2, 0) is 0 Å². The number of nitrogens with one attached hydrogen (secondary N) is 1. The average molecular weight is 315 g/mol. The SMILES string of the molecule is N#CC(CNc1c(Cl)ccc2nsnc12)c1ccccc1. The minimum absolute atomic E-state index is 0.246. The van der Waals surface area contributed by atoms with Gasteiger partial charge in [0.15, 0.2) is 0 Å². The second kappa shape index (κ2) is 6.08. The van der Waals surface area contributed by atoms with E-state index in [1.54, 1.807) is 6.07 Å². The third-order valence-corrected chi connectivity index (χ3v) is 4.08. The highest BCUT2D eigenvalue weighted by Crippen LogP contribution is 2.30. The first-order chi connectivity index (χ1) is 10.3. The molecule has 0 aliphatic carbocycles. The summed E-state index contributed by atoms with van der Waals surface area (Å²) >= 11 is 7.37. The lowest BCUT2D eigenvalue weighted by Gasteiger charge is -2.13. The molecule has 6 heteroatoms. The summed E-state index contributed by atoms with van der Waals surface area (Å²) in [5.41, 5.74) is 3.27. The molecule has 3 aromatic rings. The second-order valence-electron chi connectivity index (χ2n) is 4.53. The predicted molar refractivity (Wildman–Crippen MR) is 85.7 cm³/mol. The van der Waals surface area contributed by atoms with Crippen LogP contribution in [0.25, 0.3) is 11.0 Å². The van der Waals surface area contributed by atoms with Crippen LogP contribution in [0, 0.1) is 11.3 Å². The number of benzene rings is 2. The monoisotopic (exact) mass is 314 g/mol. The Morgan fingerprint density at radius 3 is 2.76 bits per heavy atom. The van der Waals surface area contributed by atoms with E-state index >= 15 is 0 Å². The second-order valence-corrected chi connectivity index (χ2v) is 5.46. The summed E-state index contributed by atoms with van der Waals surface area (Å²) in [5.74, 6) is -0.246. The van der Waals surface area contributed by atoms with Crippen molar-refractivity contribution in [2.45, 2.75) is 5.92 Å². The molecule has 0 spiro atoms. The minimum atomic E-state index is -0.246. The lowest BCUT2D eigenvalue weighted by atomic mass is 10.0. The van der Waals surface area contributed by atoms with Gasteiger partial charge in [0.25, 0.3) is 0 Å². The number of hydrogen-bond donors (Lipinski definition) is 1. The predicted octanol–water partition coefficient (Wildman–Crippen LogP) is 4.06. The van der Waals surface area contributed by atoms with E-state index in [2.05, 4.69) is 20.1 Å². The summed E-state index contributed by atoms with van der Waals surface area (Å²) < 4.78 is 8.45. The lowest BCUT2D eigenvalue weighted by Crippen LogP contribution is -2.11. The molecule has 1 heterocycles. The van der Waals surface area contributed by atoms with E-state index in [0.29, 0.717) is 11.6 Å². The van der Waals surface area contributed by atoms with Gasteiger partial charge in [-0.3, -0.25) is 0 Å². The normalized spacial score (nSPS) is 12.0. The van der Waals surface area contributed by atoms with Gasteiger partial charge in [-0.1, -0.05) is 41.9 Å². The van der Waals surface area contributed by atoms with Gasteiger partial charge in [-0.15, -0.1) is 0 Å². The zero-order chi connectivity index (χ0) is 14.7. The van der Waals surface area contributed by atoms with Gasteiger partial charge >= 0.3 is 0 Å². The van der Waals surface area contributed by atoms with Crippen LogP contribution < -0.4 is 5.32 Å². The highest BCUT2D eigenvalue weighted by atomic mass is 35.5. The van der Waals surface area contributed by atoms with Crippen molar-refractivity contribution in [1.29, 1.82) is 5.26 Å². The van der Waals surface area contributed by atoms with Gasteiger partial charge in [-0.05, 0) is 17.7 Å². The van der Waals surface area contributed by atoms with Crippen molar-refractivity contribution in [3.63, 3.8) is 0 Å². The molecule has 0 aliphatic rings. The largest absolute Gasteiger partial charge is 0.380 e. The van der Waals surface area contributed by atoms with Gasteiger partial charge < -0.3 is 5.32 Å².